The first kappa shape index (κ1) is 10.8. The quantitative estimate of drug-likeness (QED) is 0.733. The summed E-state index contributed by atoms with van der Waals surface area (Å²) in [5, 5.41) is 0. The van der Waals surface area contributed by atoms with E-state index < -0.39 is 0 Å². The van der Waals surface area contributed by atoms with Gasteiger partial charge < -0.3 is 9.53 Å². The van der Waals surface area contributed by atoms with E-state index in [1.807, 2.05) is 31.2 Å². The molecule has 0 heterocycles. The summed E-state index contributed by atoms with van der Waals surface area (Å²) in [6.07, 6.45) is 0.570. The lowest BCUT2D eigenvalue weighted by atomic mass is 9.95. The first-order valence-corrected chi connectivity index (χ1v) is 4.77. The van der Waals surface area contributed by atoms with Gasteiger partial charge in [0.05, 0.1) is 7.11 Å². The number of ketones is 1. The van der Waals surface area contributed by atoms with Crippen molar-refractivity contribution < 1.29 is 9.53 Å². The Labute approximate surface area is 84.9 Å². The summed E-state index contributed by atoms with van der Waals surface area (Å²) < 4.78 is 5.24. The fourth-order valence-corrected chi connectivity index (χ4v) is 1.61. The summed E-state index contributed by atoms with van der Waals surface area (Å²) in [6, 6.07) is 7.83. The number of methoxy groups -OCH3 is 1. The molecule has 1 rings (SSSR count). The fraction of sp³-hybridized carbons (Fsp3) is 0.417. The van der Waals surface area contributed by atoms with Crippen LogP contribution in [0.1, 0.15) is 31.7 Å². The summed E-state index contributed by atoms with van der Waals surface area (Å²) in [7, 11) is 1.65. The molecule has 0 saturated carbocycles. The van der Waals surface area contributed by atoms with Gasteiger partial charge in [0.25, 0.3) is 0 Å². The van der Waals surface area contributed by atoms with Crippen LogP contribution in [0.3, 0.4) is 0 Å². The molecule has 0 saturated heterocycles. The first-order valence-electron chi connectivity index (χ1n) is 4.77. The maximum absolute atomic E-state index is 11.0. The van der Waals surface area contributed by atoms with Gasteiger partial charge in [-0.25, -0.2) is 0 Å². The Morgan fingerprint density at radius 1 is 1.43 bits per heavy atom. The van der Waals surface area contributed by atoms with E-state index >= 15 is 0 Å². The van der Waals surface area contributed by atoms with Crippen molar-refractivity contribution in [1.29, 1.82) is 0 Å². The van der Waals surface area contributed by atoms with Crippen LogP contribution in [0.15, 0.2) is 24.3 Å². The summed E-state index contributed by atoms with van der Waals surface area (Å²) >= 11 is 0. The van der Waals surface area contributed by atoms with Crippen LogP contribution in [0.4, 0.5) is 0 Å². The zero-order valence-electron chi connectivity index (χ0n) is 8.91. The highest BCUT2D eigenvalue weighted by Crippen LogP contribution is 2.28. The molecule has 0 aromatic heterocycles. The predicted molar refractivity (Wildman–Crippen MR) is 56.7 cm³/mol. The second-order valence-electron chi connectivity index (χ2n) is 3.55. The SMILES string of the molecule is COc1ccccc1[C@@H](C)CC(C)=O. The van der Waals surface area contributed by atoms with E-state index in [-0.39, 0.29) is 11.7 Å². The minimum absolute atomic E-state index is 0.211. The van der Waals surface area contributed by atoms with Crippen LogP contribution in [0.2, 0.25) is 0 Å². The highest BCUT2D eigenvalue weighted by molar-refractivity contribution is 5.76. The van der Waals surface area contributed by atoms with E-state index in [1.165, 1.54) is 0 Å². The van der Waals surface area contributed by atoms with Crippen molar-refractivity contribution >= 4 is 5.78 Å². The van der Waals surface area contributed by atoms with E-state index in [9.17, 15) is 4.79 Å². The van der Waals surface area contributed by atoms with Gasteiger partial charge in [-0.15, -0.1) is 0 Å². The van der Waals surface area contributed by atoms with Gasteiger partial charge in [-0.3, -0.25) is 0 Å². The monoisotopic (exact) mass is 192 g/mol. The van der Waals surface area contributed by atoms with Crippen molar-refractivity contribution in [2.75, 3.05) is 7.11 Å². The lowest BCUT2D eigenvalue weighted by Gasteiger charge is -2.13. The predicted octanol–water partition coefficient (Wildman–Crippen LogP) is 2.78. The van der Waals surface area contributed by atoms with Gasteiger partial charge >= 0.3 is 0 Å². The summed E-state index contributed by atoms with van der Waals surface area (Å²) in [4.78, 5) is 11.0. The standard InChI is InChI=1S/C12H16O2/c1-9(8-10(2)13)11-6-4-5-7-12(11)14-3/h4-7,9H,8H2,1-3H3/t9-/m0/s1. The minimum atomic E-state index is 0.211. The number of para-hydroxylation sites is 1. The Morgan fingerprint density at radius 2 is 2.07 bits per heavy atom. The van der Waals surface area contributed by atoms with E-state index in [0.29, 0.717) is 6.42 Å². The van der Waals surface area contributed by atoms with Crippen LogP contribution in [-0.4, -0.2) is 12.9 Å². The third kappa shape index (κ3) is 2.59. The molecule has 0 aliphatic rings. The van der Waals surface area contributed by atoms with Crippen LogP contribution in [0.5, 0.6) is 5.75 Å². The van der Waals surface area contributed by atoms with Crippen molar-refractivity contribution in [1.82, 2.24) is 0 Å². The van der Waals surface area contributed by atoms with Gasteiger partial charge in [-0.05, 0) is 24.5 Å². The van der Waals surface area contributed by atoms with E-state index in [1.54, 1.807) is 14.0 Å². The second-order valence-corrected chi connectivity index (χ2v) is 3.55. The second kappa shape index (κ2) is 4.80. The smallest absolute Gasteiger partial charge is 0.130 e. The van der Waals surface area contributed by atoms with E-state index in [0.717, 1.165) is 11.3 Å². The Kier molecular flexibility index (Phi) is 3.69. The van der Waals surface area contributed by atoms with Gasteiger partial charge in [0.2, 0.25) is 0 Å². The lowest BCUT2D eigenvalue weighted by molar-refractivity contribution is -0.117. The number of carbonyl (C=O) groups excluding carboxylic acids is 1. The molecular weight excluding hydrogens is 176 g/mol. The first-order chi connectivity index (χ1) is 6.65. The van der Waals surface area contributed by atoms with Gasteiger partial charge in [0, 0.05) is 6.42 Å². The van der Waals surface area contributed by atoms with Gasteiger partial charge in [-0.1, -0.05) is 25.1 Å². The van der Waals surface area contributed by atoms with Crippen LogP contribution in [0.25, 0.3) is 0 Å². The van der Waals surface area contributed by atoms with Crippen LogP contribution < -0.4 is 4.74 Å². The van der Waals surface area contributed by atoms with Crippen molar-refractivity contribution in [2.24, 2.45) is 0 Å². The maximum Gasteiger partial charge on any atom is 0.130 e. The molecule has 0 spiro atoms. The molecule has 0 amide bonds. The molecule has 1 aromatic rings. The molecule has 1 aromatic carbocycles. The Bertz CT molecular complexity index is 318. The number of ether oxygens (including phenoxy) is 1. The number of benzene rings is 1. The molecule has 0 aliphatic heterocycles. The minimum Gasteiger partial charge on any atom is -0.496 e. The molecule has 2 nitrogen and oxygen atoms in total. The van der Waals surface area contributed by atoms with Gasteiger partial charge in [0.15, 0.2) is 0 Å². The van der Waals surface area contributed by atoms with Crippen molar-refractivity contribution in [3.8, 4) is 5.75 Å². The van der Waals surface area contributed by atoms with Crippen LogP contribution >= 0.6 is 0 Å². The van der Waals surface area contributed by atoms with Crippen molar-refractivity contribution in [2.45, 2.75) is 26.2 Å². The van der Waals surface area contributed by atoms with Crippen LogP contribution in [0, 0.1) is 0 Å². The van der Waals surface area contributed by atoms with Crippen molar-refractivity contribution in [3.05, 3.63) is 29.8 Å². The Morgan fingerprint density at radius 3 is 2.64 bits per heavy atom. The molecule has 0 fully saturated rings. The molecule has 0 bridgehead atoms. The van der Waals surface area contributed by atoms with E-state index in [4.69, 9.17) is 4.74 Å². The van der Waals surface area contributed by atoms with E-state index in [2.05, 4.69) is 0 Å². The third-order valence-electron chi connectivity index (χ3n) is 2.26. The normalized spacial score (nSPS) is 12.2. The zero-order valence-corrected chi connectivity index (χ0v) is 8.91. The molecule has 2 heteroatoms. The molecule has 0 unspecified atom stereocenters. The number of hydrogen-bond acceptors (Lipinski definition) is 2. The molecule has 1 atom stereocenters. The average molecular weight is 192 g/mol. The summed E-state index contributed by atoms with van der Waals surface area (Å²) in [6.45, 7) is 3.66. The number of hydrogen-bond donors (Lipinski definition) is 0. The zero-order chi connectivity index (χ0) is 10.6. The fourth-order valence-electron chi connectivity index (χ4n) is 1.61. The van der Waals surface area contributed by atoms with Gasteiger partial charge in [-0.2, -0.15) is 0 Å². The maximum atomic E-state index is 11.0. The Balaban J connectivity index is 2.87. The molecule has 0 radical (unpaired) electrons. The van der Waals surface area contributed by atoms with Crippen LogP contribution in [-0.2, 0) is 4.79 Å². The molecule has 0 N–H and O–H groups in total. The largest absolute Gasteiger partial charge is 0.496 e. The highest BCUT2D eigenvalue weighted by atomic mass is 16.5. The topological polar surface area (TPSA) is 26.3 Å². The molecule has 76 valence electrons. The molecular formula is C12H16O2. The molecule has 0 aliphatic carbocycles. The lowest BCUT2D eigenvalue weighted by Crippen LogP contribution is -2.02. The molecule has 14 heavy (non-hydrogen) atoms. The average Bonchev–Trinajstić information content (AvgIpc) is 2.16. The van der Waals surface area contributed by atoms with Crippen molar-refractivity contribution in [3.63, 3.8) is 0 Å². The summed E-state index contributed by atoms with van der Waals surface area (Å²) in [5.41, 5.74) is 1.10. The Hall–Kier alpha value is -1.31. The number of Topliss-reactive ketones (excluding diaryl/α,β-unsaturated/α-hetero) is 1. The third-order valence-corrected chi connectivity index (χ3v) is 2.26. The highest BCUT2D eigenvalue weighted by Gasteiger charge is 2.12. The number of carbonyl (C=O) groups is 1. The van der Waals surface area contributed by atoms with Gasteiger partial charge in [0.1, 0.15) is 11.5 Å². The summed E-state index contributed by atoms with van der Waals surface area (Å²) in [5.74, 6) is 1.30. The number of rotatable bonds is 4.